The van der Waals surface area contributed by atoms with Gasteiger partial charge in [-0.15, -0.1) is 10.2 Å². The lowest BCUT2D eigenvalue weighted by atomic mass is 10.1. The molecule has 122 valence electrons. The van der Waals surface area contributed by atoms with Crippen molar-refractivity contribution in [3.63, 3.8) is 0 Å². The first-order valence-corrected chi connectivity index (χ1v) is 8.65. The van der Waals surface area contributed by atoms with Crippen LogP contribution in [0.5, 0.6) is 0 Å². The summed E-state index contributed by atoms with van der Waals surface area (Å²) in [6.07, 6.45) is 0. The van der Waals surface area contributed by atoms with Gasteiger partial charge in [0.25, 0.3) is 5.22 Å². The fourth-order valence-corrected chi connectivity index (χ4v) is 3.10. The molecule has 1 aromatic heterocycles. The normalized spacial score (nSPS) is 12.1. The molecule has 0 radical (unpaired) electrons. The summed E-state index contributed by atoms with van der Waals surface area (Å²) in [5.74, 6) is 0.414. The van der Waals surface area contributed by atoms with Crippen molar-refractivity contribution in [3.8, 4) is 11.5 Å². The topological polar surface area (TPSA) is 56.0 Å². The van der Waals surface area contributed by atoms with Crippen LogP contribution in [0.25, 0.3) is 11.5 Å². The van der Waals surface area contributed by atoms with Crippen molar-refractivity contribution < 1.29 is 9.21 Å². The summed E-state index contributed by atoms with van der Waals surface area (Å²) < 4.78 is 5.63. The predicted molar refractivity (Wildman–Crippen MR) is 95.6 cm³/mol. The average Bonchev–Trinajstić information content (AvgIpc) is 3.03. The van der Waals surface area contributed by atoms with Gasteiger partial charge in [-0.3, -0.25) is 4.79 Å². The number of rotatable bonds is 5. The number of aromatic nitrogens is 2. The smallest absolute Gasteiger partial charge is 0.277 e. The molecular formula is C18H15ClN2O2S. The zero-order chi connectivity index (χ0) is 17.1. The number of hydrogen-bond donors (Lipinski definition) is 0. The molecule has 0 saturated heterocycles. The molecule has 1 heterocycles. The van der Waals surface area contributed by atoms with Crippen LogP contribution < -0.4 is 0 Å². The minimum Gasteiger partial charge on any atom is -0.411 e. The summed E-state index contributed by atoms with van der Waals surface area (Å²) in [5.41, 5.74) is 2.55. The van der Waals surface area contributed by atoms with Crippen LogP contribution in [0.3, 0.4) is 0 Å². The Labute approximate surface area is 149 Å². The number of thioether (sulfide) groups is 1. The van der Waals surface area contributed by atoms with E-state index in [0.29, 0.717) is 21.7 Å². The highest BCUT2D eigenvalue weighted by molar-refractivity contribution is 8.00. The molecule has 3 rings (SSSR count). The second-order valence-corrected chi connectivity index (χ2v) is 7.10. The Morgan fingerprint density at radius 2 is 1.92 bits per heavy atom. The molecule has 6 heteroatoms. The molecule has 0 saturated carbocycles. The molecule has 2 aromatic carbocycles. The van der Waals surface area contributed by atoms with Crippen molar-refractivity contribution in [2.75, 3.05) is 0 Å². The summed E-state index contributed by atoms with van der Waals surface area (Å²) in [6, 6.07) is 14.7. The number of nitrogens with zero attached hydrogens (tertiary/aromatic N) is 2. The van der Waals surface area contributed by atoms with Crippen LogP contribution in [0.15, 0.2) is 58.2 Å². The fraction of sp³-hybridized carbons (Fsp3) is 0.167. The van der Waals surface area contributed by atoms with Crippen LogP contribution in [0.1, 0.15) is 22.8 Å². The summed E-state index contributed by atoms with van der Waals surface area (Å²) in [5, 5.41) is 8.66. The second kappa shape index (κ2) is 7.20. The van der Waals surface area contributed by atoms with Crippen molar-refractivity contribution in [2.24, 2.45) is 0 Å². The Morgan fingerprint density at radius 1 is 1.17 bits per heavy atom. The number of benzene rings is 2. The van der Waals surface area contributed by atoms with E-state index < -0.39 is 0 Å². The summed E-state index contributed by atoms with van der Waals surface area (Å²) in [6.45, 7) is 3.82. The molecule has 0 aliphatic rings. The monoisotopic (exact) mass is 358 g/mol. The average molecular weight is 359 g/mol. The third-order valence-electron chi connectivity index (χ3n) is 3.46. The molecule has 0 amide bonds. The first-order chi connectivity index (χ1) is 11.5. The standard InChI is InChI=1S/C18H15ClN2O2S/c1-11-6-8-13(9-7-11)16(22)12(2)24-18-21-20-17(23-18)14-4-3-5-15(19)10-14/h3-10,12H,1-2H3/t12-/m1/s1. The largest absolute Gasteiger partial charge is 0.411 e. The zero-order valence-electron chi connectivity index (χ0n) is 13.2. The molecular weight excluding hydrogens is 344 g/mol. The second-order valence-electron chi connectivity index (χ2n) is 5.37. The van der Waals surface area contributed by atoms with Crippen molar-refractivity contribution >= 4 is 29.1 Å². The Hall–Kier alpha value is -2.11. The minimum atomic E-state index is -0.319. The van der Waals surface area contributed by atoms with Crippen LogP contribution in [0, 0.1) is 6.92 Å². The summed E-state index contributed by atoms with van der Waals surface area (Å²) >= 11 is 7.21. The summed E-state index contributed by atoms with van der Waals surface area (Å²) in [7, 11) is 0. The van der Waals surface area contributed by atoms with E-state index in [9.17, 15) is 4.79 Å². The van der Waals surface area contributed by atoms with E-state index >= 15 is 0 Å². The molecule has 0 spiro atoms. The maximum absolute atomic E-state index is 12.5. The van der Waals surface area contributed by atoms with Gasteiger partial charge in [0.05, 0.1) is 5.25 Å². The van der Waals surface area contributed by atoms with Crippen LogP contribution in [0.2, 0.25) is 5.02 Å². The molecule has 0 N–H and O–H groups in total. The van der Waals surface area contributed by atoms with E-state index in [0.717, 1.165) is 11.1 Å². The highest BCUT2D eigenvalue weighted by Gasteiger charge is 2.20. The Kier molecular flexibility index (Phi) is 5.02. The Balaban J connectivity index is 1.72. The Morgan fingerprint density at radius 3 is 2.62 bits per heavy atom. The number of Topliss-reactive ketones (excluding diaryl/α,β-unsaturated/α-hetero) is 1. The quantitative estimate of drug-likeness (QED) is 0.471. The van der Waals surface area contributed by atoms with Gasteiger partial charge < -0.3 is 4.42 Å². The summed E-state index contributed by atoms with van der Waals surface area (Å²) in [4.78, 5) is 12.5. The number of aryl methyl sites for hydroxylation is 1. The van der Waals surface area contributed by atoms with Crippen LogP contribution in [-0.4, -0.2) is 21.2 Å². The first kappa shape index (κ1) is 16.7. The first-order valence-electron chi connectivity index (χ1n) is 7.40. The Bertz CT molecular complexity index is 861. The van der Waals surface area contributed by atoms with E-state index in [-0.39, 0.29) is 11.0 Å². The molecule has 0 unspecified atom stereocenters. The maximum Gasteiger partial charge on any atom is 0.277 e. The highest BCUT2D eigenvalue weighted by Crippen LogP contribution is 2.28. The lowest BCUT2D eigenvalue weighted by molar-refractivity contribution is 0.0993. The van der Waals surface area contributed by atoms with Gasteiger partial charge in [-0.05, 0) is 32.0 Å². The maximum atomic E-state index is 12.5. The van der Waals surface area contributed by atoms with Crippen molar-refractivity contribution in [1.82, 2.24) is 10.2 Å². The van der Waals surface area contributed by atoms with Gasteiger partial charge in [0.15, 0.2) is 5.78 Å². The number of ketones is 1. The van der Waals surface area contributed by atoms with E-state index in [4.69, 9.17) is 16.0 Å². The van der Waals surface area contributed by atoms with Crippen LogP contribution in [-0.2, 0) is 0 Å². The minimum absolute atomic E-state index is 0.0301. The van der Waals surface area contributed by atoms with E-state index in [1.165, 1.54) is 11.8 Å². The number of carbonyl (C=O) groups is 1. The number of carbonyl (C=O) groups excluding carboxylic acids is 1. The number of halogens is 1. The van der Waals surface area contributed by atoms with E-state index in [1.807, 2.05) is 50.2 Å². The molecule has 3 aromatic rings. The SMILES string of the molecule is Cc1ccc(C(=O)[C@@H](C)Sc2nnc(-c3cccc(Cl)c3)o2)cc1. The van der Waals surface area contributed by atoms with E-state index in [2.05, 4.69) is 10.2 Å². The molecule has 0 aliphatic carbocycles. The third-order valence-corrected chi connectivity index (χ3v) is 4.63. The molecule has 0 bridgehead atoms. The van der Waals surface area contributed by atoms with Gasteiger partial charge in [-0.2, -0.15) is 0 Å². The van der Waals surface area contributed by atoms with Crippen LogP contribution >= 0.6 is 23.4 Å². The molecule has 0 fully saturated rings. The lowest BCUT2D eigenvalue weighted by Crippen LogP contribution is -2.13. The van der Waals surface area contributed by atoms with Crippen molar-refractivity contribution in [1.29, 1.82) is 0 Å². The molecule has 1 atom stereocenters. The highest BCUT2D eigenvalue weighted by atomic mass is 35.5. The third kappa shape index (κ3) is 3.86. The van der Waals surface area contributed by atoms with Crippen molar-refractivity contribution in [2.45, 2.75) is 24.3 Å². The fourth-order valence-electron chi connectivity index (χ4n) is 2.15. The van der Waals surface area contributed by atoms with Gasteiger partial charge in [-0.25, -0.2) is 0 Å². The van der Waals surface area contributed by atoms with Gasteiger partial charge in [0.2, 0.25) is 5.89 Å². The lowest BCUT2D eigenvalue weighted by Gasteiger charge is -2.07. The molecule has 4 nitrogen and oxygen atoms in total. The van der Waals surface area contributed by atoms with Gasteiger partial charge in [-0.1, -0.05) is 59.3 Å². The van der Waals surface area contributed by atoms with Gasteiger partial charge >= 0.3 is 0 Å². The van der Waals surface area contributed by atoms with E-state index in [1.54, 1.807) is 12.1 Å². The zero-order valence-corrected chi connectivity index (χ0v) is 14.8. The van der Waals surface area contributed by atoms with Crippen molar-refractivity contribution in [3.05, 3.63) is 64.7 Å². The molecule has 0 aliphatic heterocycles. The predicted octanol–water partition coefficient (Wildman–Crippen LogP) is 5.06. The number of hydrogen-bond acceptors (Lipinski definition) is 5. The molecule has 24 heavy (non-hydrogen) atoms. The van der Waals surface area contributed by atoms with Gasteiger partial charge in [0.1, 0.15) is 0 Å². The van der Waals surface area contributed by atoms with Crippen LogP contribution in [0.4, 0.5) is 0 Å². The van der Waals surface area contributed by atoms with Gasteiger partial charge in [0, 0.05) is 16.1 Å².